The van der Waals surface area contributed by atoms with Crippen molar-refractivity contribution in [3.63, 3.8) is 0 Å². The number of fused-ring (bicyclic) bond motifs is 2. The van der Waals surface area contributed by atoms with E-state index < -0.39 is 0 Å². The quantitative estimate of drug-likeness (QED) is 0.521. The monoisotopic (exact) mass is 458 g/mol. The number of benzene rings is 2. The molecule has 8 heteroatoms. The minimum absolute atomic E-state index is 0.477. The Labute approximate surface area is 191 Å². The van der Waals surface area contributed by atoms with Gasteiger partial charge in [0, 0.05) is 17.1 Å². The third-order valence-electron chi connectivity index (χ3n) is 6.33. The predicted octanol–water partition coefficient (Wildman–Crippen LogP) is 5.31. The van der Waals surface area contributed by atoms with Gasteiger partial charge in [-0.05, 0) is 68.0 Å². The maximum Gasteiger partial charge on any atom is 0.163 e. The van der Waals surface area contributed by atoms with E-state index in [1.54, 1.807) is 19.2 Å². The number of methoxy groups -OCH3 is 1. The van der Waals surface area contributed by atoms with Crippen molar-refractivity contribution >= 4 is 45.6 Å². The fourth-order valence-corrected chi connectivity index (χ4v) is 5.08. The van der Waals surface area contributed by atoms with Crippen LogP contribution in [0.15, 0.2) is 36.7 Å². The molecule has 2 aliphatic rings. The van der Waals surface area contributed by atoms with Crippen molar-refractivity contribution in [3.05, 3.63) is 46.7 Å². The number of ether oxygens (including phenoxy) is 2. The minimum atomic E-state index is 0.477. The first-order chi connectivity index (χ1) is 15.1. The summed E-state index contributed by atoms with van der Waals surface area (Å²) in [4.78, 5) is 8.84. The molecule has 3 aromatic rings. The summed E-state index contributed by atoms with van der Waals surface area (Å²) in [5, 5.41) is 8.59. The Kier molecular flexibility index (Phi) is 5.78. The lowest BCUT2D eigenvalue weighted by molar-refractivity contribution is 0.234. The lowest BCUT2D eigenvalue weighted by Gasteiger charge is -2.16. The Morgan fingerprint density at radius 2 is 1.84 bits per heavy atom. The van der Waals surface area contributed by atoms with Gasteiger partial charge in [-0.25, -0.2) is 9.97 Å². The molecule has 0 amide bonds. The molecule has 6 nitrogen and oxygen atoms in total. The van der Waals surface area contributed by atoms with Gasteiger partial charge in [-0.2, -0.15) is 0 Å². The van der Waals surface area contributed by atoms with Gasteiger partial charge in [-0.3, -0.25) is 0 Å². The molecule has 2 heterocycles. The number of nitrogens with one attached hydrogen (secondary N) is 2. The number of rotatable bonds is 6. The molecule has 3 atom stereocenters. The van der Waals surface area contributed by atoms with E-state index in [0.717, 1.165) is 41.5 Å². The van der Waals surface area contributed by atoms with Crippen LogP contribution in [0.2, 0.25) is 10.0 Å². The van der Waals surface area contributed by atoms with Crippen molar-refractivity contribution < 1.29 is 9.47 Å². The standard InChI is InChI=1S/C23H24Cl2N4O2/c1-30-21-7-17-20(8-22(21)31-11-13-4-14-9-26-10-15(14)5-13)27-12-28-23(17)29-16-2-3-18(24)19(25)6-16/h2-3,6-8,12-15,26H,4-5,9-11H2,1H3,(H,27,28,29)/t13-,14-,15+. The maximum absolute atomic E-state index is 6.21. The lowest BCUT2D eigenvalue weighted by Crippen LogP contribution is -2.15. The normalized spacial score (nSPS) is 22.5. The minimum Gasteiger partial charge on any atom is -0.493 e. The van der Waals surface area contributed by atoms with Gasteiger partial charge in [0.2, 0.25) is 0 Å². The van der Waals surface area contributed by atoms with Gasteiger partial charge in [0.1, 0.15) is 12.1 Å². The fraction of sp³-hybridized carbons (Fsp3) is 0.391. The van der Waals surface area contributed by atoms with Crippen LogP contribution < -0.4 is 20.1 Å². The largest absolute Gasteiger partial charge is 0.493 e. The Hall–Kier alpha value is -2.28. The number of anilines is 2. The molecule has 0 radical (unpaired) electrons. The van der Waals surface area contributed by atoms with E-state index in [0.29, 0.717) is 39.9 Å². The van der Waals surface area contributed by atoms with Gasteiger partial charge in [-0.15, -0.1) is 0 Å². The van der Waals surface area contributed by atoms with Crippen LogP contribution in [0.1, 0.15) is 12.8 Å². The van der Waals surface area contributed by atoms with E-state index in [9.17, 15) is 0 Å². The second-order valence-electron chi connectivity index (χ2n) is 8.32. The summed E-state index contributed by atoms with van der Waals surface area (Å²) in [6.45, 7) is 2.99. The molecule has 0 bridgehead atoms. The zero-order chi connectivity index (χ0) is 21.4. The van der Waals surface area contributed by atoms with Crippen molar-refractivity contribution in [2.75, 3.05) is 32.1 Å². The van der Waals surface area contributed by atoms with Crippen molar-refractivity contribution in [2.45, 2.75) is 12.8 Å². The van der Waals surface area contributed by atoms with Crippen LogP contribution >= 0.6 is 23.2 Å². The van der Waals surface area contributed by atoms with Crippen molar-refractivity contribution in [2.24, 2.45) is 17.8 Å². The Morgan fingerprint density at radius 3 is 2.58 bits per heavy atom. The molecule has 2 fully saturated rings. The molecular weight excluding hydrogens is 435 g/mol. The highest BCUT2D eigenvalue weighted by atomic mass is 35.5. The molecule has 31 heavy (non-hydrogen) atoms. The predicted molar refractivity (Wildman–Crippen MR) is 124 cm³/mol. The highest BCUT2D eigenvalue weighted by molar-refractivity contribution is 6.42. The SMILES string of the molecule is COc1cc2c(Nc3ccc(Cl)c(Cl)c3)ncnc2cc1OC[C@H]1C[C@H]2CNC[C@H]2C1. The van der Waals surface area contributed by atoms with Crippen LogP contribution in [0.25, 0.3) is 10.9 Å². The summed E-state index contributed by atoms with van der Waals surface area (Å²) in [5.41, 5.74) is 1.57. The molecular formula is C23H24Cl2N4O2. The first-order valence-electron chi connectivity index (χ1n) is 10.5. The molecule has 162 valence electrons. The Morgan fingerprint density at radius 1 is 1.03 bits per heavy atom. The van der Waals surface area contributed by atoms with E-state index in [4.69, 9.17) is 32.7 Å². The number of hydrogen-bond donors (Lipinski definition) is 2. The van der Waals surface area contributed by atoms with E-state index >= 15 is 0 Å². The molecule has 1 aliphatic heterocycles. The van der Waals surface area contributed by atoms with Crippen LogP contribution in [-0.2, 0) is 0 Å². The van der Waals surface area contributed by atoms with Crippen LogP contribution in [-0.4, -0.2) is 36.8 Å². The highest BCUT2D eigenvalue weighted by Crippen LogP contribution is 2.40. The van der Waals surface area contributed by atoms with Gasteiger partial charge in [0.15, 0.2) is 11.5 Å². The third-order valence-corrected chi connectivity index (χ3v) is 7.07. The lowest BCUT2D eigenvalue weighted by atomic mass is 10.0. The molecule has 2 aromatic carbocycles. The van der Waals surface area contributed by atoms with Gasteiger partial charge in [0.05, 0.1) is 29.3 Å². The second-order valence-corrected chi connectivity index (χ2v) is 9.14. The Balaban J connectivity index is 1.37. The van der Waals surface area contributed by atoms with Crippen LogP contribution in [0, 0.1) is 17.8 Å². The molecule has 0 unspecified atom stereocenters. The van der Waals surface area contributed by atoms with Crippen LogP contribution in [0.4, 0.5) is 11.5 Å². The van der Waals surface area contributed by atoms with Crippen molar-refractivity contribution in [1.29, 1.82) is 0 Å². The average Bonchev–Trinajstić information content (AvgIpc) is 3.36. The zero-order valence-electron chi connectivity index (χ0n) is 17.2. The molecule has 1 saturated carbocycles. The molecule has 1 aliphatic carbocycles. The summed E-state index contributed by atoms with van der Waals surface area (Å²) in [6, 6.07) is 9.20. The van der Waals surface area contributed by atoms with Gasteiger partial charge in [0.25, 0.3) is 0 Å². The molecule has 5 rings (SSSR count). The first kappa shape index (κ1) is 20.6. The number of halogens is 2. The van der Waals surface area contributed by atoms with Crippen LogP contribution in [0.3, 0.4) is 0 Å². The van der Waals surface area contributed by atoms with Crippen molar-refractivity contribution in [3.8, 4) is 11.5 Å². The van der Waals surface area contributed by atoms with Crippen LogP contribution in [0.5, 0.6) is 11.5 Å². The Bertz CT molecular complexity index is 1100. The topological polar surface area (TPSA) is 68.3 Å². The fourth-order valence-electron chi connectivity index (χ4n) is 4.78. The molecule has 2 N–H and O–H groups in total. The summed E-state index contributed by atoms with van der Waals surface area (Å²) in [7, 11) is 1.65. The number of aromatic nitrogens is 2. The molecule has 1 saturated heterocycles. The summed E-state index contributed by atoms with van der Waals surface area (Å²) in [6.07, 6.45) is 3.99. The summed E-state index contributed by atoms with van der Waals surface area (Å²) < 4.78 is 11.8. The second kappa shape index (κ2) is 8.69. The van der Waals surface area contributed by atoms with Gasteiger partial charge < -0.3 is 20.1 Å². The number of nitrogens with zero attached hydrogens (tertiary/aromatic N) is 2. The third kappa shape index (κ3) is 4.25. The van der Waals surface area contributed by atoms with Crippen molar-refractivity contribution in [1.82, 2.24) is 15.3 Å². The molecule has 0 spiro atoms. The van der Waals surface area contributed by atoms with Gasteiger partial charge in [-0.1, -0.05) is 23.2 Å². The number of hydrogen-bond acceptors (Lipinski definition) is 6. The average molecular weight is 459 g/mol. The first-order valence-corrected chi connectivity index (χ1v) is 11.2. The summed E-state index contributed by atoms with van der Waals surface area (Å²) in [5.74, 6) is 4.23. The smallest absolute Gasteiger partial charge is 0.163 e. The van der Waals surface area contributed by atoms with E-state index in [1.807, 2.05) is 18.2 Å². The van der Waals surface area contributed by atoms with E-state index in [2.05, 4.69) is 20.6 Å². The van der Waals surface area contributed by atoms with E-state index in [1.165, 1.54) is 19.2 Å². The summed E-state index contributed by atoms with van der Waals surface area (Å²) >= 11 is 12.2. The highest BCUT2D eigenvalue weighted by Gasteiger charge is 2.37. The van der Waals surface area contributed by atoms with Gasteiger partial charge >= 0.3 is 0 Å². The zero-order valence-corrected chi connectivity index (χ0v) is 18.7. The van der Waals surface area contributed by atoms with E-state index in [-0.39, 0.29) is 0 Å². The molecule has 1 aromatic heterocycles. The maximum atomic E-state index is 6.21.